The summed E-state index contributed by atoms with van der Waals surface area (Å²) in [4.78, 5) is 10.9. The molecule has 0 amide bonds. The Balaban J connectivity index is 2.75. The van der Waals surface area contributed by atoms with Crippen LogP contribution in [-0.4, -0.2) is 37.5 Å². The second-order valence-corrected chi connectivity index (χ2v) is 3.87. The van der Waals surface area contributed by atoms with Crippen LogP contribution >= 0.6 is 0 Å². The van der Waals surface area contributed by atoms with Gasteiger partial charge < -0.3 is 14.2 Å². The second-order valence-electron chi connectivity index (χ2n) is 3.87. The molecule has 1 aliphatic rings. The van der Waals surface area contributed by atoms with Gasteiger partial charge in [-0.05, 0) is 13.8 Å². The molecule has 1 heterocycles. The largest absolute Gasteiger partial charge is 0.457 e. The SMILES string of the molecule is COC1(C)CCOC(C)C1OC(C)=O. The molecule has 3 unspecified atom stereocenters. The molecule has 0 radical (unpaired) electrons. The lowest BCUT2D eigenvalue weighted by molar-refractivity contribution is -0.210. The van der Waals surface area contributed by atoms with Crippen molar-refractivity contribution in [3.05, 3.63) is 0 Å². The number of carbonyl (C=O) groups excluding carboxylic acids is 1. The number of hydrogen-bond donors (Lipinski definition) is 0. The fourth-order valence-corrected chi connectivity index (χ4v) is 1.79. The minimum Gasteiger partial charge on any atom is -0.457 e. The predicted molar refractivity (Wildman–Crippen MR) is 51.0 cm³/mol. The number of esters is 1. The average Bonchev–Trinajstić information content (AvgIpc) is 2.12. The molecule has 82 valence electrons. The smallest absolute Gasteiger partial charge is 0.303 e. The summed E-state index contributed by atoms with van der Waals surface area (Å²) in [6.07, 6.45) is 0.308. The van der Waals surface area contributed by atoms with Gasteiger partial charge in [-0.15, -0.1) is 0 Å². The number of carbonyl (C=O) groups is 1. The topological polar surface area (TPSA) is 44.8 Å². The van der Waals surface area contributed by atoms with Crippen LogP contribution in [0.25, 0.3) is 0 Å². The Kier molecular flexibility index (Phi) is 3.50. The average molecular weight is 202 g/mol. The summed E-state index contributed by atoms with van der Waals surface area (Å²) in [5.41, 5.74) is -0.427. The summed E-state index contributed by atoms with van der Waals surface area (Å²) in [6, 6.07) is 0. The van der Waals surface area contributed by atoms with Gasteiger partial charge in [0.25, 0.3) is 0 Å². The van der Waals surface area contributed by atoms with Crippen LogP contribution in [0.5, 0.6) is 0 Å². The zero-order valence-corrected chi connectivity index (χ0v) is 9.20. The first-order chi connectivity index (χ1) is 6.49. The molecular weight excluding hydrogens is 184 g/mol. The summed E-state index contributed by atoms with van der Waals surface area (Å²) in [6.45, 7) is 5.88. The minimum atomic E-state index is -0.427. The summed E-state index contributed by atoms with van der Waals surface area (Å²) < 4.78 is 16.1. The quantitative estimate of drug-likeness (QED) is 0.630. The molecule has 0 aromatic rings. The van der Waals surface area contributed by atoms with Crippen molar-refractivity contribution in [2.24, 2.45) is 0 Å². The minimum absolute atomic E-state index is 0.113. The zero-order valence-electron chi connectivity index (χ0n) is 9.20. The first-order valence-corrected chi connectivity index (χ1v) is 4.83. The Hall–Kier alpha value is -0.610. The molecule has 0 spiro atoms. The molecule has 1 fully saturated rings. The maximum absolute atomic E-state index is 10.9. The van der Waals surface area contributed by atoms with Crippen molar-refractivity contribution in [3.63, 3.8) is 0 Å². The third kappa shape index (κ3) is 2.25. The van der Waals surface area contributed by atoms with Crippen LogP contribution in [0.1, 0.15) is 27.2 Å². The van der Waals surface area contributed by atoms with Gasteiger partial charge in [0.15, 0.2) is 6.10 Å². The fraction of sp³-hybridized carbons (Fsp3) is 0.900. The summed E-state index contributed by atoms with van der Waals surface area (Å²) in [7, 11) is 1.63. The fourth-order valence-electron chi connectivity index (χ4n) is 1.79. The van der Waals surface area contributed by atoms with Crippen LogP contribution in [0, 0.1) is 0 Å². The first-order valence-electron chi connectivity index (χ1n) is 4.83. The Bertz CT molecular complexity index is 216. The molecule has 0 aliphatic carbocycles. The first kappa shape index (κ1) is 11.5. The normalized spacial score (nSPS) is 38.0. The number of ether oxygens (including phenoxy) is 3. The third-order valence-electron chi connectivity index (χ3n) is 2.77. The van der Waals surface area contributed by atoms with Crippen molar-refractivity contribution in [1.82, 2.24) is 0 Å². The number of hydrogen-bond acceptors (Lipinski definition) is 4. The van der Waals surface area contributed by atoms with E-state index in [1.807, 2.05) is 13.8 Å². The van der Waals surface area contributed by atoms with Crippen LogP contribution in [0.3, 0.4) is 0 Å². The van der Waals surface area contributed by atoms with Crippen LogP contribution in [0.4, 0.5) is 0 Å². The molecule has 0 N–H and O–H groups in total. The Morgan fingerprint density at radius 2 is 2.21 bits per heavy atom. The van der Waals surface area contributed by atoms with E-state index in [1.165, 1.54) is 6.92 Å². The summed E-state index contributed by atoms with van der Waals surface area (Å²) in [5.74, 6) is -0.296. The maximum atomic E-state index is 10.9. The van der Waals surface area contributed by atoms with E-state index in [0.29, 0.717) is 6.61 Å². The van der Waals surface area contributed by atoms with Crippen LogP contribution in [-0.2, 0) is 19.0 Å². The molecule has 0 aromatic carbocycles. The molecule has 1 saturated heterocycles. The highest BCUT2D eigenvalue weighted by Gasteiger charge is 2.44. The molecule has 4 heteroatoms. The standard InChI is InChI=1S/C10H18O4/c1-7-9(14-8(2)11)10(3,12-4)5-6-13-7/h7,9H,5-6H2,1-4H3. The maximum Gasteiger partial charge on any atom is 0.303 e. The molecule has 4 nitrogen and oxygen atoms in total. The van der Waals surface area contributed by atoms with Gasteiger partial charge in [0.1, 0.15) is 5.60 Å². The van der Waals surface area contributed by atoms with Crippen molar-refractivity contribution in [3.8, 4) is 0 Å². The van der Waals surface area contributed by atoms with Gasteiger partial charge >= 0.3 is 5.97 Å². The zero-order chi connectivity index (χ0) is 10.8. The molecule has 1 rings (SSSR count). The van der Waals surface area contributed by atoms with Gasteiger partial charge in [-0.25, -0.2) is 0 Å². The van der Waals surface area contributed by atoms with Crippen molar-refractivity contribution in [2.45, 2.75) is 45.0 Å². The van der Waals surface area contributed by atoms with Crippen molar-refractivity contribution in [1.29, 1.82) is 0 Å². The lowest BCUT2D eigenvalue weighted by Gasteiger charge is -2.42. The molecule has 0 aromatic heterocycles. The molecular formula is C10H18O4. The molecule has 14 heavy (non-hydrogen) atoms. The van der Waals surface area contributed by atoms with Gasteiger partial charge in [-0.2, -0.15) is 0 Å². The Labute approximate surface area is 84.5 Å². The van der Waals surface area contributed by atoms with Crippen molar-refractivity contribution < 1.29 is 19.0 Å². The van der Waals surface area contributed by atoms with E-state index >= 15 is 0 Å². The summed E-state index contributed by atoms with van der Waals surface area (Å²) >= 11 is 0. The van der Waals surface area contributed by atoms with Gasteiger partial charge in [0.2, 0.25) is 0 Å². The van der Waals surface area contributed by atoms with E-state index in [-0.39, 0.29) is 18.2 Å². The predicted octanol–water partition coefficient (Wildman–Crippen LogP) is 1.13. The van der Waals surface area contributed by atoms with E-state index in [1.54, 1.807) is 7.11 Å². The number of rotatable bonds is 2. The van der Waals surface area contributed by atoms with E-state index in [4.69, 9.17) is 14.2 Å². The van der Waals surface area contributed by atoms with Gasteiger partial charge in [0.05, 0.1) is 6.10 Å². The van der Waals surface area contributed by atoms with E-state index in [0.717, 1.165) is 6.42 Å². The Morgan fingerprint density at radius 3 is 2.71 bits per heavy atom. The second kappa shape index (κ2) is 4.28. The van der Waals surface area contributed by atoms with E-state index in [9.17, 15) is 4.79 Å². The molecule has 0 bridgehead atoms. The van der Waals surface area contributed by atoms with E-state index in [2.05, 4.69) is 0 Å². The number of methoxy groups -OCH3 is 1. The van der Waals surface area contributed by atoms with Crippen LogP contribution < -0.4 is 0 Å². The Morgan fingerprint density at radius 1 is 1.57 bits per heavy atom. The highest BCUT2D eigenvalue weighted by Crippen LogP contribution is 2.30. The lowest BCUT2D eigenvalue weighted by atomic mass is 9.89. The van der Waals surface area contributed by atoms with Crippen molar-refractivity contribution >= 4 is 5.97 Å². The monoisotopic (exact) mass is 202 g/mol. The van der Waals surface area contributed by atoms with Crippen LogP contribution in [0.2, 0.25) is 0 Å². The van der Waals surface area contributed by atoms with Gasteiger partial charge in [-0.1, -0.05) is 0 Å². The van der Waals surface area contributed by atoms with Gasteiger partial charge in [0, 0.05) is 27.1 Å². The third-order valence-corrected chi connectivity index (χ3v) is 2.77. The summed E-state index contributed by atoms with van der Waals surface area (Å²) in [5, 5.41) is 0. The van der Waals surface area contributed by atoms with Crippen molar-refractivity contribution in [2.75, 3.05) is 13.7 Å². The molecule has 3 atom stereocenters. The van der Waals surface area contributed by atoms with Gasteiger partial charge in [-0.3, -0.25) is 4.79 Å². The van der Waals surface area contributed by atoms with E-state index < -0.39 is 5.60 Å². The highest BCUT2D eigenvalue weighted by molar-refractivity contribution is 5.66. The molecule has 0 saturated carbocycles. The lowest BCUT2D eigenvalue weighted by Crippen LogP contribution is -2.54. The molecule has 1 aliphatic heterocycles. The highest BCUT2D eigenvalue weighted by atomic mass is 16.6. The van der Waals surface area contributed by atoms with Crippen LogP contribution in [0.15, 0.2) is 0 Å².